The van der Waals surface area contributed by atoms with E-state index in [4.69, 9.17) is 20.3 Å². The molecule has 2 heterocycles. The monoisotopic (exact) mass is 496 g/mol. The molecule has 3 N–H and O–H groups in total. The van der Waals surface area contributed by atoms with Crippen molar-refractivity contribution in [3.05, 3.63) is 58.2 Å². The number of nitrogens with zero attached hydrogens (tertiary/aromatic N) is 2. The Kier molecular flexibility index (Phi) is 7.86. The Balaban J connectivity index is 1.46. The second-order valence-corrected chi connectivity index (χ2v) is 9.52. The molecular weight excluding hydrogens is 463 g/mol. The highest BCUT2D eigenvalue weighted by Gasteiger charge is 2.35. The minimum absolute atomic E-state index is 0.0500. The smallest absolute Gasteiger partial charge is 0.251 e. The molecule has 0 radical (unpaired) electrons. The Hall–Kier alpha value is -3.49. The third kappa shape index (κ3) is 5.50. The number of primary amides is 1. The molecule has 1 fully saturated rings. The van der Waals surface area contributed by atoms with E-state index in [2.05, 4.69) is 10.5 Å². The van der Waals surface area contributed by atoms with Gasteiger partial charge in [0.15, 0.2) is 11.6 Å². The number of amides is 2. The summed E-state index contributed by atoms with van der Waals surface area (Å²) < 4.78 is 18.7. The van der Waals surface area contributed by atoms with Crippen LogP contribution in [0.3, 0.4) is 0 Å². The van der Waals surface area contributed by atoms with Crippen molar-refractivity contribution in [1.29, 1.82) is 0 Å². The predicted molar refractivity (Wildman–Crippen MR) is 133 cm³/mol. The highest BCUT2D eigenvalue weighted by Crippen LogP contribution is 2.35. The lowest BCUT2D eigenvalue weighted by Gasteiger charge is -2.29. The number of nitrogens with one attached hydrogen (secondary N) is 1. The molecule has 2 amide bonds. The Bertz CT molecular complexity index is 1170. The quantitative estimate of drug-likeness (QED) is 0.577. The highest BCUT2D eigenvalue weighted by atomic mass is 19.1. The number of halogens is 1. The lowest BCUT2D eigenvalue weighted by molar-refractivity contribution is -0.123. The van der Waals surface area contributed by atoms with E-state index in [1.807, 2.05) is 13.8 Å². The van der Waals surface area contributed by atoms with Gasteiger partial charge in [-0.25, -0.2) is 4.39 Å². The van der Waals surface area contributed by atoms with Crippen LogP contribution in [0.5, 0.6) is 5.75 Å². The molecule has 4 rings (SSSR count). The molecule has 2 aliphatic rings. The van der Waals surface area contributed by atoms with Gasteiger partial charge in [0.25, 0.3) is 5.91 Å². The normalized spacial score (nSPS) is 21.4. The van der Waals surface area contributed by atoms with Gasteiger partial charge in [0.05, 0.1) is 12.8 Å². The van der Waals surface area contributed by atoms with E-state index in [9.17, 15) is 14.0 Å². The Morgan fingerprint density at radius 3 is 2.64 bits per heavy atom. The number of carbonyl (C=O) groups excluding carboxylic acids is 2. The van der Waals surface area contributed by atoms with Gasteiger partial charge in [0.1, 0.15) is 11.8 Å². The van der Waals surface area contributed by atoms with Crippen molar-refractivity contribution in [2.75, 3.05) is 7.11 Å². The molecule has 2 aromatic rings. The second-order valence-electron chi connectivity index (χ2n) is 9.52. The summed E-state index contributed by atoms with van der Waals surface area (Å²) in [5.74, 6) is -0.510. The van der Waals surface area contributed by atoms with Crippen LogP contribution < -0.4 is 15.8 Å². The summed E-state index contributed by atoms with van der Waals surface area (Å²) in [7, 11) is 1.40. The van der Waals surface area contributed by atoms with Crippen LogP contribution >= 0.6 is 0 Å². The van der Waals surface area contributed by atoms with Crippen LogP contribution in [-0.4, -0.2) is 35.7 Å². The molecule has 1 aliphatic carbocycles. The van der Waals surface area contributed by atoms with Crippen LogP contribution in [-0.2, 0) is 22.6 Å². The second kappa shape index (κ2) is 11.1. The summed E-state index contributed by atoms with van der Waals surface area (Å²) in [6.45, 7) is 4.11. The SMILES string of the molecule is CCc1c(C(=O)NCc2ccc(F)c(OC)c2)cc(C2=NOC(C3CCC(C(N)=O)CC3)C2)nc1C. The fourth-order valence-corrected chi connectivity index (χ4v) is 5.16. The maximum atomic E-state index is 13.7. The molecule has 1 saturated carbocycles. The molecular formula is C27H33FN4O4. The first-order chi connectivity index (χ1) is 17.3. The Labute approximate surface area is 210 Å². The molecule has 0 spiro atoms. The molecule has 9 heteroatoms. The van der Waals surface area contributed by atoms with Crippen LogP contribution in [0, 0.1) is 24.6 Å². The zero-order valence-corrected chi connectivity index (χ0v) is 21.0. The van der Waals surface area contributed by atoms with Crippen LogP contribution in [0.15, 0.2) is 29.4 Å². The van der Waals surface area contributed by atoms with Crippen molar-refractivity contribution >= 4 is 17.5 Å². The van der Waals surface area contributed by atoms with E-state index in [1.165, 1.54) is 13.2 Å². The number of rotatable bonds is 8. The zero-order valence-electron chi connectivity index (χ0n) is 21.0. The third-order valence-corrected chi connectivity index (χ3v) is 7.29. The van der Waals surface area contributed by atoms with Crippen molar-refractivity contribution in [2.24, 2.45) is 22.7 Å². The number of oxime groups is 1. The lowest BCUT2D eigenvalue weighted by atomic mass is 9.78. The number of benzene rings is 1. The minimum atomic E-state index is -0.450. The molecule has 0 saturated heterocycles. The summed E-state index contributed by atoms with van der Waals surface area (Å²) in [5, 5.41) is 7.24. The fourth-order valence-electron chi connectivity index (χ4n) is 5.16. The van der Waals surface area contributed by atoms with Crippen LogP contribution in [0.1, 0.15) is 71.9 Å². The molecule has 1 atom stereocenters. The predicted octanol–water partition coefficient (Wildman–Crippen LogP) is 3.81. The molecule has 1 aliphatic heterocycles. The largest absolute Gasteiger partial charge is 0.494 e. The number of hydrogen-bond acceptors (Lipinski definition) is 6. The molecule has 1 aromatic carbocycles. The van der Waals surface area contributed by atoms with Crippen LogP contribution in [0.25, 0.3) is 0 Å². The van der Waals surface area contributed by atoms with E-state index < -0.39 is 5.82 Å². The van der Waals surface area contributed by atoms with Gasteiger partial charge >= 0.3 is 0 Å². The first-order valence-corrected chi connectivity index (χ1v) is 12.4. The van der Waals surface area contributed by atoms with Gasteiger partial charge < -0.3 is 20.6 Å². The van der Waals surface area contributed by atoms with Crippen molar-refractivity contribution in [3.8, 4) is 5.75 Å². The minimum Gasteiger partial charge on any atom is -0.494 e. The van der Waals surface area contributed by atoms with E-state index in [1.54, 1.807) is 18.2 Å². The van der Waals surface area contributed by atoms with Gasteiger partial charge in [-0.3, -0.25) is 14.6 Å². The first-order valence-electron chi connectivity index (χ1n) is 12.4. The number of ether oxygens (including phenoxy) is 1. The molecule has 192 valence electrons. The van der Waals surface area contributed by atoms with Crippen molar-refractivity contribution < 1.29 is 23.6 Å². The van der Waals surface area contributed by atoms with E-state index in [0.717, 1.165) is 48.2 Å². The zero-order chi connectivity index (χ0) is 25.8. The number of pyridine rings is 1. The highest BCUT2D eigenvalue weighted by molar-refractivity contribution is 6.03. The maximum absolute atomic E-state index is 13.7. The lowest BCUT2D eigenvalue weighted by Crippen LogP contribution is -2.32. The summed E-state index contributed by atoms with van der Waals surface area (Å²) in [6.07, 6.45) is 4.52. The van der Waals surface area contributed by atoms with Crippen molar-refractivity contribution in [1.82, 2.24) is 10.3 Å². The first kappa shape index (κ1) is 25.6. The summed E-state index contributed by atoms with van der Waals surface area (Å²) >= 11 is 0. The summed E-state index contributed by atoms with van der Waals surface area (Å²) in [5.41, 5.74) is 9.73. The Morgan fingerprint density at radius 1 is 1.22 bits per heavy atom. The standard InChI is InChI=1S/C27H33FN4O4/c1-4-19-15(2)31-22(23-13-24(36-32-23)17-6-8-18(9-7-17)26(29)33)12-20(19)27(34)30-14-16-5-10-21(28)25(11-16)35-3/h5,10-12,17-18,24H,4,6-9,13-14H2,1-3H3,(H2,29,33)(H,30,34). The van der Waals surface area contributed by atoms with Gasteiger partial charge in [-0.1, -0.05) is 18.1 Å². The maximum Gasteiger partial charge on any atom is 0.251 e. The van der Waals surface area contributed by atoms with Gasteiger partial charge in [-0.05, 0) is 74.3 Å². The topological polar surface area (TPSA) is 116 Å². The molecule has 36 heavy (non-hydrogen) atoms. The van der Waals surface area contributed by atoms with E-state index in [-0.39, 0.29) is 36.1 Å². The number of hydrogen-bond donors (Lipinski definition) is 2. The number of aromatic nitrogens is 1. The van der Waals surface area contributed by atoms with Gasteiger partial charge in [-0.15, -0.1) is 0 Å². The average molecular weight is 497 g/mol. The molecule has 8 nitrogen and oxygen atoms in total. The third-order valence-electron chi connectivity index (χ3n) is 7.29. The number of aryl methyl sites for hydroxylation is 1. The van der Waals surface area contributed by atoms with Crippen LogP contribution in [0.4, 0.5) is 4.39 Å². The van der Waals surface area contributed by atoms with Crippen molar-refractivity contribution in [2.45, 2.75) is 65.0 Å². The number of carbonyl (C=O) groups is 2. The number of methoxy groups -OCH3 is 1. The fraction of sp³-hybridized carbons (Fsp3) is 0.481. The van der Waals surface area contributed by atoms with Gasteiger partial charge in [0, 0.05) is 30.1 Å². The van der Waals surface area contributed by atoms with E-state index >= 15 is 0 Å². The van der Waals surface area contributed by atoms with Crippen LogP contribution in [0.2, 0.25) is 0 Å². The number of nitrogens with two attached hydrogens (primary N) is 1. The Morgan fingerprint density at radius 2 is 1.97 bits per heavy atom. The van der Waals surface area contributed by atoms with Gasteiger partial charge in [0.2, 0.25) is 5.91 Å². The summed E-state index contributed by atoms with van der Waals surface area (Å²) in [6, 6.07) is 6.29. The molecule has 0 bridgehead atoms. The average Bonchev–Trinajstić information content (AvgIpc) is 3.38. The molecule has 1 aromatic heterocycles. The van der Waals surface area contributed by atoms with Crippen molar-refractivity contribution in [3.63, 3.8) is 0 Å². The molecule has 1 unspecified atom stereocenters. The summed E-state index contributed by atoms with van der Waals surface area (Å²) in [4.78, 5) is 35.2. The van der Waals surface area contributed by atoms with Gasteiger partial charge in [-0.2, -0.15) is 0 Å². The van der Waals surface area contributed by atoms with E-state index in [0.29, 0.717) is 30.0 Å².